The molecule has 6 nitrogen and oxygen atoms in total. The van der Waals surface area contributed by atoms with Gasteiger partial charge in [-0.3, -0.25) is 14.7 Å². The van der Waals surface area contributed by atoms with Gasteiger partial charge in [-0.25, -0.2) is 4.98 Å². The molecule has 1 saturated heterocycles. The number of fused-ring (bicyclic) bond motifs is 1. The lowest BCUT2D eigenvalue weighted by Crippen LogP contribution is -2.35. The topological polar surface area (TPSA) is 58.6 Å². The number of hydrogen-bond donors (Lipinski definition) is 0. The second-order valence-corrected chi connectivity index (χ2v) is 8.43. The van der Waals surface area contributed by atoms with Crippen LogP contribution in [0, 0.1) is 12.8 Å². The Balaban J connectivity index is 1.44. The summed E-state index contributed by atoms with van der Waals surface area (Å²) >= 11 is 0. The van der Waals surface area contributed by atoms with Gasteiger partial charge in [-0.15, -0.1) is 0 Å². The van der Waals surface area contributed by atoms with E-state index in [0.717, 1.165) is 55.0 Å². The number of aromatic nitrogens is 2. The average molecular weight is 395 g/mol. The number of methoxy groups -OCH3 is 1. The summed E-state index contributed by atoms with van der Waals surface area (Å²) in [5, 5.41) is 0. The first-order valence-electron chi connectivity index (χ1n) is 10.4. The molecule has 154 valence electrons. The van der Waals surface area contributed by atoms with E-state index >= 15 is 0 Å². The Labute approximate surface area is 172 Å². The smallest absolute Gasteiger partial charge is 0.255 e. The minimum absolute atomic E-state index is 0.0918. The summed E-state index contributed by atoms with van der Waals surface area (Å²) in [5.41, 5.74) is 5.13. The molecule has 2 aliphatic heterocycles. The molecule has 0 aliphatic carbocycles. The van der Waals surface area contributed by atoms with Crippen LogP contribution in [0.3, 0.4) is 0 Å². The third kappa shape index (κ3) is 4.13. The van der Waals surface area contributed by atoms with E-state index in [2.05, 4.69) is 40.0 Å². The molecule has 0 radical (unpaired) electrons. The summed E-state index contributed by atoms with van der Waals surface area (Å²) in [6.07, 6.45) is 5.02. The lowest BCUT2D eigenvalue weighted by Gasteiger charge is -2.28. The van der Waals surface area contributed by atoms with Crippen molar-refractivity contribution in [2.24, 2.45) is 5.92 Å². The van der Waals surface area contributed by atoms with Crippen LogP contribution in [0.5, 0.6) is 5.88 Å². The van der Waals surface area contributed by atoms with E-state index in [9.17, 15) is 4.79 Å². The van der Waals surface area contributed by atoms with Gasteiger partial charge in [0, 0.05) is 50.6 Å². The first-order valence-corrected chi connectivity index (χ1v) is 10.4. The van der Waals surface area contributed by atoms with Crippen LogP contribution in [0.2, 0.25) is 0 Å². The minimum Gasteiger partial charge on any atom is -0.481 e. The molecule has 0 unspecified atom stereocenters. The van der Waals surface area contributed by atoms with Crippen LogP contribution in [0.1, 0.15) is 52.3 Å². The molecule has 2 aliphatic rings. The van der Waals surface area contributed by atoms with Crippen molar-refractivity contribution < 1.29 is 9.53 Å². The number of carbonyl (C=O) groups excluding carboxylic acids is 1. The van der Waals surface area contributed by atoms with E-state index in [0.29, 0.717) is 11.8 Å². The predicted octanol–water partition coefficient (Wildman–Crippen LogP) is 3.05. The molecule has 2 atom stereocenters. The Morgan fingerprint density at radius 2 is 2.10 bits per heavy atom. The number of rotatable bonds is 5. The van der Waals surface area contributed by atoms with Crippen LogP contribution in [0.25, 0.3) is 0 Å². The van der Waals surface area contributed by atoms with E-state index in [1.54, 1.807) is 12.0 Å². The highest BCUT2D eigenvalue weighted by molar-refractivity contribution is 5.96. The Kier molecular flexibility index (Phi) is 5.54. The van der Waals surface area contributed by atoms with Crippen molar-refractivity contribution in [3.63, 3.8) is 0 Å². The molecule has 0 spiro atoms. The lowest BCUT2D eigenvalue weighted by molar-refractivity contribution is 0.0778. The van der Waals surface area contributed by atoms with Gasteiger partial charge >= 0.3 is 0 Å². The fourth-order valence-electron chi connectivity index (χ4n) is 4.56. The van der Waals surface area contributed by atoms with Gasteiger partial charge in [0.25, 0.3) is 5.91 Å². The summed E-state index contributed by atoms with van der Waals surface area (Å²) in [6.45, 7) is 7.10. The normalized spacial score (nSPS) is 20.6. The van der Waals surface area contributed by atoms with Crippen LogP contribution in [0.4, 0.5) is 0 Å². The van der Waals surface area contributed by atoms with Gasteiger partial charge in [-0.2, -0.15) is 0 Å². The molecule has 6 heteroatoms. The van der Waals surface area contributed by atoms with Gasteiger partial charge in [0.15, 0.2) is 0 Å². The maximum absolute atomic E-state index is 12.5. The third-order valence-corrected chi connectivity index (χ3v) is 6.32. The van der Waals surface area contributed by atoms with Gasteiger partial charge in [0.1, 0.15) is 0 Å². The van der Waals surface area contributed by atoms with Crippen molar-refractivity contribution in [3.05, 3.63) is 52.5 Å². The third-order valence-electron chi connectivity index (χ3n) is 6.32. The van der Waals surface area contributed by atoms with Crippen LogP contribution < -0.4 is 4.74 Å². The number of likely N-dealkylation sites (N-methyl/N-ethyl adjacent to an activating group) is 1. The number of carbonyl (C=O) groups is 1. The molecule has 2 aromatic rings. The van der Waals surface area contributed by atoms with E-state index in [1.165, 1.54) is 12.0 Å². The molecule has 0 saturated carbocycles. The Hall–Kier alpha value is -2.47. The molecule has 2 aromatic heterocycles. The fraction of sp³-hybridized carbons (Fsp3) is 0.522. The first-order chi connectivity index (χ1) is 13.9. The minimum atomic E-state index is 0.0918. The fourth-order valence-corrected chi connectivity index (χ4v) is 4.56. The number of aryl methyl sites for hydroxylation is 1. The Bertz CT molecular complexity index is 914. The van der Waals surface area contributed by atoms with Gasteiger partial charge in [0.2, 0.25) is 5.88 Å². The molecule has 4 heterocycles. The molecule has 4 rings (SSSR count). The first kappa shape index (κ1) is 19.8. The van der Waals surface area contributed by atoms with Crippen molar-refractivity contribution in [2.45, 2.75) is 39.2 Å². The summed E-state index contributed by atoms with van der Waals surface area (Å²) in [6, 6.07) is 6.53. The maximum atomic E-state index is 12.5. The standard InChI is InChI=1S/C23H30N4O2/c1-15-9-18(11-22(25-15)29-4)10-17-5-8-27(14-17)16(2)19-12-20-21(24-13-19)6-7-26(3)23(20)28/h9,11-13,16-17H,5-8,10,14H2,1-4H3/t16-,17-/m1/s1. The van der Waals surface area contributed by atoms with Crippen LogP contribution in [-0.2, 0) is 12.8 Å². The summed E-state index contributed by atoms with van der Waals surface area (Å²) in [5.74, 6) is 1.40. The van der Waals surface area contributed by atoms with E-state index in [-0.39, 0.29) is 11.9 Å². The number of ether oxygens (including phenoxy) is 1. The molecule has 1 fully saturated rings. The highest BCUT2D eigenvalue weighted by Crippen LogP contribution is 2.31. The molecule has 0 bridgehead atoms. The number of nitrogens with zero attached hydrogens (tertiary/aromatic N) is 4. The molecule has 1 amide bonds. The van der Waals surface area contributed by atoms with Crippen molar-refractivity contribution in [1.29, 1.82) is 0 Å². The highest BCUT2D eigenvalue weighted by atomic mass is 16.5. The number of likely N-dealkylation sites (tertiary alicyclic amines) is 1. The zero-order valence-electron chi connectivity index (χ0n) is 17.8. The van der Waals surface area contributed by atoms with Crippen LogP contribution in [-0.4, -0.2) is 59.5 Å². The number of amides is 1. The van der Waals surface area contributed by atoms with E-state index < -0.39 is 0 Å². The Morgan fingerprint density at radius 1 is 1.28 bits per heavy atom. The molecule has 0 aromatic carbocycles. The quantitative estimate of drug-likeness (QED) is 0.780. The molecule has 29 heavy (non-hydrogen) atoms. The van der Waals surface area contributed by atoms with Gasteiger partial charge in [-0.05, 0) is 62.4 Å². The van der Waals surface area contributed by atoms with Crippen LogP contribution in [0.15, 0.2) is 24.4 Å². The summed E-state index contributed by atoms with van der Waals surface area (Å²) in [4.78, 5) is 25.8. The van der Waals surface area contributed by atoms with E-state index in [1.807, 2.05) is 20.2 Å². The number of hydrogen-bond acceptors (Lipinski definition) is 5. The van der Waals surface area contributed by atoms with Gasteiger partial charge < -0.3 is 9.64 Å². The zero-order chi connectivity index (χ0) is 20.5. The lowest BCUT2D eigenvalue weighted by atomic mass is 9.98. The Morgan fingerprint density at radius 3 is 2.90 bits per heavy atom. The molecular formula is C23H30N4O2. The van der Waals surface area contributed by atoms with Crippen LogP contribution >= 0.6 is 0 Å². The number of pyridine rings is 2. The zero-order valence-corrected chi connectivity index (χ0v) is 17.8. The second-order valence-electron chi connectivity index (χ2n) is 8.43. The van der Waals surface area contributed by atoms with Crippen molar-refractivity contribution >= 4 is 5.91 Å². The van der Waals surface area contributed by atoms with Gasteiger partial charge in [-0.1, -0.05) is 0 Å². The molecular weight excluding hydrogens is 364 g/mol. The van der Waals surface area contributed by atoms with Crippen molar-refractivity contribution in [3.8, 4) is 5.88 Å². The monoisotopic (exact) mass is 394 g/mol. The van der Waals surface area contributed by atoms with Crippen molar-refractivity contribution in [2.75, 3.05) is 33.8 Å². The highest BCUT2D eigenvalue weighted by Gasteiger charge is 2.29. The second kappa shape index (κ2) is 8.11. The molecule has 0 N–H and O–H groups in total. The SMILES string of the molecule is COc1cc(C[C@H]2CCN([C@H](C)c3cnc4c(c3)C(=O)N(C)CC4)C2)cc(C)n1. The van der Waals surface area contributed by atoms with E-state index in [4.69, 9.17) is 4.74 Å². The van der Waals surface area contributed by atoms with Gasteiger partial charge in [0.05, 0.1) is 18.4 Å². The summed E-state index contributed by atoms with van der Waals surface area (Å²) in [7, 11) is 3.53. The largest absolute Gasteiger partial charge is 0.481 e. The predicted molar refractivity (Wildman–Crippen MR) is 112 cm³/mol. The van der Waals surface area contributed by atoms with Crippen molar-refractivity contribution in [1.82, 2.24) is 19.8 Å². The maximum Gasteiger partial charge on any atom is 0.255 e. The average Bonchev–Trinajstić information content (AvgIpc) is 3.18. The summed E-state index contributed by atoms with van der Waals surface area (Å²) < 4.78 is 5.32.